The third-order valence-corrected chi connectivity index (χ3v) is 9.36. The van der Waals surface area contributed by atoms with Crippen LogP contribution in [0.2, 0.25) is 0 Å². The summed E-state index contributed by atoms with van der Waals surface area (Å²) in [5, 5.41) is 0. The fourth-order valence-electron chi connectivity index (χ4n) is 5.95. The molecule has 0 aromatic carbocycles. The minimum Gasteiger partial charge on any atom is -0.380 e. The highest BCUT2D eigenvalue weighted by atomic mass is 16.5. The first-order valence-corrected chi connectivity index (χ1v) is 19.6. The van der Waals surface area contributed by atoms with E-state index >= 15 is 0 Å². The van der Waals surface area contributed by atoms with E-state index in [2.05, 4.69) is 50.0 Å². The van der Waals surface area contributed by atoms with Crippen LogP contribution in [0.15, 0.2) is 24.3 Å². The van der Waals surface area contributed by atoms with Gasteiger partial charge in [-0.05, 0) is 65.5 Å². The van der Waals surface area contributed by atoms with Crippen molar-refractivity contribution in [3.8, 4) is 0 Å². The Labute approximate surface area is 286 Å². The first-order chi connectivity index (χ1) is 22.5. The van der Waals surface area contributed by atoms with Crippen LogP contribution < -0.4 is 0 Å². The van der Waals surface area contributed by atoms with Crippen molar-refractivity contribution in [2.24, 2.45) is 5.92 Å². The molecule has 0 N–H and O–H groups in total. The topological polar surface area (TPSA) is 55.8 Å². The van der Waals surface area contributed by atoms with Gasteiger partial charge in [-0.2, -0.15) is 0 Å². The average Bonchev–Trinajstić information content (AvgIpc) is 3.06. The fourth-order valence-corrected chi connectivity index (χ4v) is 5.95. The van der Waals surface area contributed by atoms with Crippen molar-refractivity contribution in [3.05, 3.63) is 24.3 Å². The van der Waals surface area contributed by atoms with Crippen LogP contribution in [0.5, 0.6) is 0 Å². The fraction of sp³-hybridized carbons (Fsp3) is 0.854. The molecule has 0 aliphatic heterocycles. The van der Waals surface area contributed by atoms with Gasteiger partial charge in [0.15, 0.2) is 6.29 Å². The Hall–Kier alpha value is -1.30. The molecule has 0 saturated heterocycles. The average molecular weight is 648 g/mol. The zero-order valence-corrected chi connectivity index (χ0v) is 31.3. The van der Waals surface area contributed by atoms with Gasteiger partial charge in [0.05, 0.1) is 25.2 Å². The highest BCUT2D eigenvalue weighted by molar-refractivity contribution is 5.71. The van der Waals surface area contributed by atoms with Crippen molar-refractivity contribution in [1.29, 1.82) is 0 Å². The second-order valence-corrected chi connectivity index (χ2v) is 13.8. The summed E-state index contributed by atoms with van der Waals surface area (Å²) in [4.78, 5) is 27.1. The molecule has 46 heavy (non-hydrogen) atoms. The lowest BCUT2D eigenvalue weighted by molar-refractivity contribution is -0.152. The highest BCUT2D eigenvalue weighted by Gasteiger charge is 2.40. The van der Waals surface area contributed by atoms with Crippen molar-refractivity contribution < 1.29 is 19.1 Å². The SMILES string of the molecule is CCCCC/C=C\C/C=C\CCCCCCCCOC[C@H](COC(C=O)(CCCCCCC)C(C=O)CCCCCCC)N(C)C. The predicted octanol–water partition coefficient (Wildman–Crippen LogP) is 11.2. The van der Waals surface area contributed by atoms with Gasteiger partial charge in [-0.25, -0.2) is 0 Å². The van der Waals surface area contributed by atoms with Crippen molar-refractivity contribution in [2.75, 3.05) is 33.9 Å². The number of unbranched alkanes of at least 4 members (excludes halogenated alkanes) is 17. The summed E-state index contributed by atoms with van der Waals surface area (Å²) in [5.41, 5.74) is -1.03. The number of nitrogens with zero attached hydrogens (tertiary/aromatic N) is 1. The van der Waals surface area contributed by atoms with Crippen LogP contribution in [0.1, 0.15) is 175 Å². The van der Waals surface area contributed by atoms with E-state index in [9.17, 15) is 9.59 Å². The summed E-state index contributed by atoms with van der Waals surface area (Å²) in [6.45, 7) is 8.39. The van der Waals surface area contributed by atoms with E-state index in [1.54, 1.807) is 0 Å². The Balaban J connectivity index is 4.49. The molecular weight excluding hydrogens is 570 g/mol. The number of ether oxygens (including phenoxy) is 2. The van der Waals surface area contributed by atoms with E-state index < -0.39 is 5.60 Å². The molecule has 0 aliphatic rings. The molecule has 2 unspecified atom stereocenters. The lowest BCUT2D eigenvalue weighted by Gasteiger charge is -2.36. The molecule has 0 aromatic rings. The van der Waals surface area contributed by atoms with E-state index in [0.29, 0.717) is 19.6 Å². The largest absolute Gasteiger partial charge is 0.380 e. The zero-order valence-electron chi connectivity index (χ0n) is 31.3. The van der Waals surface area contributed by atoms with E-state index in [1.807, 2.05) is 14.1 Å². The number of allylic oxidation sites excluding steroid dienone is 4. The lowest BCUT2D eigenvalue weighted by atomic mass is 9.81. The number of hydrogen-bond donors (Lipinski definition) is 0. The third-order valence-electron chi connectivity index (χ3n) is 9.36. The molecule has 5 nitrogen and oxygen atoms in total. The Morgan fingerprint density at radius 3 is 1.72 bits per heavy atom. The second-order valence-electron chi connectivity index (χ2n) is 13.8. The normalized spacial score (nSPS) is 14.7. The summed E-state index contributed by atoms with van der Waals surface area (Å²) in [6.07, 6.45) is 38.6. The maximum atomic E-state index is 12.7. The smallest absolute Gasteiger partial charge is 0.152 e. The van der Waals surface area contributed by atoms with Gasteiger partial charge in [-0.1, -0.05) is 148 Å². The predicted molar refractivity (Wildman–Crippen MR) is 199 cm³/mol. The Bertz CT molecular complexity index is 721. The standard InChI is InChI=1S/C41H77NO4/c1-6-9-12-15-16-17-18-19-20-21-22-23-24-25-28-31-34-45-36-40(42(4)5)37-46-41(38-44,33-30-27-14-11-8-3)39(35-43)32-29-26-13-10-7-2/h16-17,19-20,35,38-40H,6-15,18,21-34,36-37H2,1-5H3/b17-16-,20-19-/t39?,40-,41?/m1/s1. The molecule has 0 spiro atoms. The molecule has 0 aliphatic carbocycles. The van der Waals surface area contributed by atoms with Crippen molar-refractivity contribution in [3.63, 3.8) is 0 Å². The lowest BCUT2D eigenvalue weighted by Crippen LogP contribution is -2.48. The number of aldehydes is 2. The van der Waals surface area contributed by atoms with Crippen molar-refractivity contribution in [2.45, 2.75) is 187 Å². The first-order valence-electron chi connectivity index (χ1n) is 19.6. The van der Waals surface area contributed by atoms with E-state index in [4.69, 9.17) is 9.47 Å². The minimum absolute atomic E-state index is 0.0425. The molecule has 270 valence electrons. The number of likely N-dealkylation sites (N-methyl/N-ethyl adjacent to an activating group) is 1. The molecule has 0 aromatic heterocycles. The van der Waals surface area contributed by atoms with E-state index in [0.717, 1.165) is 70.5 Å². The Morgan fingerprint density at radius 2 is 1.13 bits per heavy atom. The van der Waals surface area contributed by atoms with Gasteiger partial charge in [-0.15, -0.1) is 0 Å². The van der Waals surface area contributed by atoms with Gasteiger partial charge in [-0.3, -0.25) is 0 Å². The van der Waals surface area contributed by atoms with Gasteiger partial charge < -0.3 is 24.0 Å². The molecule has 0 saturated carbocycles. The summed E-state index contributed by atoms with van der Waals surface area (Å²) in [7, 11) is 4.08. The highest BCUT2D eigenvalue weighted by Crippen LogP contribution is 2.31. The maximum Gasteiger partial charge on any atom is 0.152 e. The molecule has 0 rings (SSSR count). The molecule has 0 bridgehead atoms. The van der Waals surface area contributed by atoms with Crippen LogP contribution in [-0.2, 0) is 19.1 Å². The Morgan fingerprint density at radius 1 is 0.609 bits per heavy atom. The van der Waals surface area contributed by atoms with Gasteiger partial charge in [0.25, 0.3) is 0 Å². The molecule has 0 heterocycles. The van der Waals surface area contributed by atoms with Gasteiger partial charge in [0.1, 0.15) is 11.9 Å². The summed E-state index contributed by atoms with van der Waals surface area (Å²) in [6, 6.07) is 0.0425. The van der Waals surface area contributed by atoms with Gasteiger partial charge in [0, 0.05) is 6.61 Å². The van der Waals surface area contributed by atoms with Crippen LogP contribution >= 0.6 is 0 Å². The van der Waals surface area contributed by atoms with E-state index in [1.165, 1.54) is 96.3 Å². The molecule has 5 heteroatoms. The zero-order chi connectivity index (χ0) is 34.0. The number of carbonyl (C=O) groups is 2. The minimum atomic E-state index is -1.03. The molecular formula is C41H77NO4. The number of carbonyl (C=O) groups excluding carboxylic acids is 2. The Kier molecular flexibility index (Phi) is 32.6. The maximum absolute atomic E-state index is 12.7. The summed E-state index contributed by atoms with van der Waals surface area (Å²) < 4.78 is 12.6. The summed E-state index contributed by atoms with van der Waals surface area (Å²) >= 11 is 0. The van der Waals surface area contributed by atoms with Crippen molar-refractivity contribution in [1.82, 2.24) is 4.90 Å². The van der Waals surface area contributed by atoms with Crippen molar-refractivity contribution >= 4 is 12.6 Å². The van der Waals surface area contributed by atoms with Crippen LogP contribution in [0.4, 0.5) is 0 Å². The molecule has 0 amide bonds. The first kappa shape index (κ1) is 44.7. The molecule has 0 fully saturated rings. The van der Waals surface area contributed by atoms with Crippen LogP contribution in [0.3, 0.4) is 0 Å². The van der Waals surface area contributed by atoms with Gasteiger partial charge in [0.2, 0.25) is 0 Å². The monoisotopic (exact) mass is 648 g/mol. The molecule has 0 radical (unpaired) electrons. The second kappa shape index (κ2) is 33.6. The number of hydrogen-bond acceptors (Lipinski definition) is 5. The van der Waals surface area contributed by atoms with E-state index in [-0.39, 0.29) is 12.0 Å². The summed E-state index contributed by atoms with van der Waals surface area (Å²) in [5.74, 6) is -0.389. The quantitative estimate of drug-likeness (QED) is 0.0385. The van der Waals surface area contributed by atoms with Gasteiger partial charge >= 0.3 is 0 Å². The third kappa shape index (κ3) is 24.8. The number of rotatable bonds is 36. The molecule has 3 atom stereocenters. The van der Waals surface area contributed by atoms with Crippen LogP contribution in [-0.4, -0.2) is 63.0 Å². The van der Waals surface area contributed by atoms with Crippen LogP contribution in [0.25, 0.3) is 0 Å². The van der Waals surface area contributed by atoms with Crippen LogP contribution in [0, 0.1) is 5.92 Å².